The Balaban J connectivity index is 0.000000407. The molecule has 4 aromatic rings. The Morgan fingerprint density at radius 2 is 1.76 bits per heavy atom. The Bertz CT molecular complexity index is 1710. The van der Waals surface area contributed by atoms with Crippen molar-refractivity contribution in [1.29, 1.82) is 5.26 Å². The Hall–Kier alpha value is -4.30. The van der Waals surface area contributed by atoms with E-state index in [0.717, 1.165) is 51.9 Å². The molecule has 2 saturated heterocycles. The molecular formula is C36H39N5O4S. The Morgan fingerprint density at radius 3 is 2.46 bits per heavy atom. The van der Waals surface area contributed by atoms with Crippen LogP contribution < -0.4 is 4.74 Å². The lowest BCUT2D eigenvalue weighted by atomic mass is 9.98. The number of urea groups is 1. The lowest BCUT2D eigenvalue weighted by molar-refractivity contribution is 0.0254. The molecule has 1 N–H and O–H groups in total. The van der Waals surface area contributed by atoms with Gasteiger partial charge in [-0.1, -0.05) is 29.8 Å². The molecule has 0 unspecified atom stereocenters. The number of morpholine rings is 1. The first kappa shape index (κ1) is 31.7. The van der Waals surface area contributed by atoms with Crippen molar-refractivity contribution in [3.8, 4) is 22.9 Å². The third-order valence-corrected chi connectivity index (χ3v) is 8.87. The van der Waals surface area contributed by atoms with Gasteiger partial charge in [-0.2, -0.15) is 5.26 Å². The maximum Gasteiger partial charge on any atom is 0.320 e. The number of hydrogen-bond acceptors (Lipinski definition) is 7. The Morgan fingerprint density at radius 1 is 1.00 bits per heavy atom. The predicted molar refractivity (Wildman–Crippen MR) is 181 cm³/mol. The standard InChI is InChI=1S/C29H31N5O4.C7H8S/c30-17-22-15-21(1-2-27(22)38-24-5-11-36-12-6-24)26-19-32-28-25(26)16-23(18-31-28)20-3-7-33(8-4-20)29(35)34-9-13-37-14-10-34;1-6-2-4-7(8)5-3-6/h1-3,15-16,18-19,24H,4-14H2,(H,31,32);2-5,8H,1H3. The molecule has 0 bridgehead atoms. The van der Waals surface area contributed by atoms with Gasteiger partial charge in [0.15, 0.2) is 0 Å². The number of pyridine rings is 1. The highest BCUT2D eigenvalue weighted by Gasteiger charge is 2.25. The van der Waals surface area contributed by atoms with Gasteiger partial charge >= 0.3 is 6.03 Å². The largest absolute Gasteiger partial charge is 0.489 e. The van der Waals surface area contributed by atoms with Gasteiger partial charge in [0.25, 0.3) is 0 Å². The van der Waals surface area contributed by atoms with Gasteiger partial charge in [0.05, 0.1) is 32.0 Å². The number of aromatic amines is 1. The minimum Gasteiger partial charge on any atom is -0.489 e. The number of hydrogen-bond donors (Lipinski definition) is 2. The molecule has 0 spiro atoms. The summed E-state index contributed by atoms with van der Waals surface area (Å²) in [5.74, 6) is 0.616. The van der Waals surface area contributed by atoms with Crippen LogP contribution in [0.2, 0.25) is 0 Å². The van der Waals surface area contributed by atoms with Crippen LogP contribution in [0.15, 0.2) is 71.9 Å². The van der Waals surface area contributed by atoms with E-state index in [2.05, 4.69) is 47.7 Å². The molecule has 2 fully saturated rings. The van der Waals surface area contributed by atoms with Crippen LogP contribution in [0.3, 0.4) is 0 Å². The van der Waals surface area contributed by atoms with E-state index >= 15 is 0 Å². The highest BCUT2D eigenvalue weighted by molar-refractivity contribution is 7.80. The number of thiol groups is 1. The van der Waals surface area contributed by atoms with E-state index in [9.17, 15) is 10.1 Å². The summed E-state index contributed by atoms with van der Waals surface area (Å²) in [6, 6.07) is 18.4. The molecule has 0 atom stereocenters. The highest BCUT2D eigenvalue weighted by Crippen LogP contribution is 2.34. The molecule has 0 radical (unpaired) electrons. The van der Waals surface area contributed by atoms with Gasteiger partial charge in [-0.25, -0.2) is 9.78 Å². The van der Waals surface area contributed by atoms with Gasteiger partial charge in [-0.15, -0.1) is 12.6 Å². The number of benzene rings is 2. The van der Waals surface area contributed by atoms with Gasteiger partial charge in [0.2, 0.25) is 0 Å². The second-order valence-corrected chi connectivity index (χ2v) is 12.2. The van der Waals surface area contributed by atoms with Gasteiger partial charge < -0.3 is 29.0 Å². The van der Waals surface area contributed by atoms with Crippen molar-refractivity contribution < 1.29 is 19.0 Å². The van der Waals surface area contributed by atoms with Crippen LogP contribution in [0.5, 0.6) is 5.75 Å². The number of nitrogens with one attached hydrogen (secondary N) is 1. The first-order valence-corrected chi connectivity index (χ1v) is 16.3. The normalized spacial score (nSPS) is 17.1. The Labute approximate surface area is 275 Å². The molecule has 3 aliphatic heterocycles. The summed E-state index contributed by atoms with van der Waals surface area (Å²) >= 11 is 4.13. The van der Waals surface area contributed by atoms with Crippen LogP contribution in [0.25, 0.3) is 27.7 Å². The molecule has 238 valence electrons. The molecular weight excluding hydrogens is 598 g/mol. The minimum absolute atomic E-state index is 0.0744. The van der Waals surface area contributed by atoms with Crippen molar-refractivity contribution in [2.24, 2.45) is 0 Å². The topological polar surface area (TPSA) is 104 Å². The molecule has 2 aromatic carbocycles. The first-order valence-electron chi connectivity index (χ1n) is 15.8. The van der Waals surface area contributed by atoms with E-state index in [4.69, 9.17) is 14.2 Å². The summed E-state index contributed by atoms with van der Waals surface area (Å²) in [7, 11) is 0. The van der Waals surface area contributed by atoms with Gasteiger partial charge in [0.1, 0.15) is 23.6 Å². The zero-order valence-electron chi connectivity index (χ0n) is 26.1. The molecule has 3 aliphatic rings. The summed E-state index contributed by atoms with van der Waals surface area (Å²) in [5, 5.41) is 10.8. The molecule has 0 saturated carbocycles. The highest BCUT2D eigenvalue weighted by atomic mass is 32.1. The van der Waals surface area contributed by atoms with E-state index in [1.54, 1.807) is 0 Å². The number of carbonyl (C=O) groups excluding carboxylic acids is 1. The van der Waals surface area contributed by atoms with Crippen molar-refractivity contribution in [3.63, 3.8) is 0 Å². The molecule has 10 heteroatoms. The van der Waals surface area contributed by atoms with Crippen molar-refractivity contribution >= 4 is 35.3 Å². The minimum atomic E-state index is 0.0744. The third-order valence-electron chi connectivity index (χ3n) is 8.57. The second-order valence-electron chi connectivity index (χ2n) is 11.7. The second kappa shape index (κ2) is 14.9. The molecule has 5 heterocycles. The Kier molecular flexibility index (Phi) is 10.2. The number of fused-ring (bicyclic) bond motifs is 1. The summed E-state index contributed by atoms with van der Waals surface area (Å²) in [4.78, 5) is 25.6. The van der Waals surface area contributed by atoms with Crippen molar-refractivity contribution in [3.05, 3.63) is 83.7 Å². The quantitative estimate of drug-likeness (QED) is 0.248. The average Bonchev–Trinajstić information content (AvgIpc) is 3.54. The number of amides is 2. The van der Waals surface area contributed by atoms with Crippen molar-refractivity contribution in [1.82, 2.24) is 19.8 Å². The van der Waals surface area contributed by atoms with Gasteiger partial charge in [-0.05, 0) is 60.4 Å². The zero-order chi connectivity index (χ0) is 31.9. The lowest BCUT2D eigenvalue weighted by Crippen LogP contribution is -2.49. The molecule has 0 aliphatic carbocycles. The number of aryl methyl sites for hydroxylation is 1. The van der Waals surface area contributed by atoms with Crippen LogP contribution in [0.4, 0.5) is 4.79 Å². The number of aromatic nitrogens is 2. The maximum atomic E-state index is 12.8. The van der Waals surface area contributed by atoms with E-state index in [0.29, 0.717) is 63.9 Å². The number of carbonyl (C=O) groups is 1. The SMILES string of the molecule is Cc1ccc(S)cc1.N#Cc1cc(-c2c[nH]c3ncc(C4=CCN(C(=O)N5CCOCC5)CC4)cc23)ccc1OC1CCOCC1. The summed E-state index contributed by atoms with van der Waals surface area (Å²) < 4.78 is 16.9. The van der Waals surface area contributed by atoms with Crippen LogP contribution in [-0.2, 0) is 9.47 Å². The van der Waals surface area contributed by atoms with Gasteiger partial charge in [0, 0.05) is 67.3 Å². The fraction of sp³-hybridized carbons (Fsp3) is 0.361. The molecule has 2 aromatic heterocycles. The van der Waals surface area contributed by atoms with Crippen LogP contribution >= 0.6 is 12.6 Å². The van der Waals surface area contributed by atoms with E-state index in [-0.39, 0.29) is 12.1 Å². The van der Waals surface area contributed by atoms with E-state index in [1.165, 1.54) is 11.1 Å². The summed E-state index contributed by atoms with van der Waals surface area (Å²) in [5.41, 5.74) is 6.77. The first-order chi connectivity index (χ1) is 22.5. The fourth-order valence-electron chi connectivity index (χ4n) is 5.88. The fourth-order valence-corrected chi connectivity index (χ4v) is 6.03. The van der Waals surface area contributed by atoms with Crippen molar-refractivity contribution in [2.75, 3.05) is 52.6 Å². The maximum absolute atomic E-state index is 12.8. The third kappa shape index (κ3) is 7.56. The number of nitrogens with zero attached hydrogens (tertiary/aromatic N) is 4. The van der Waals surface area contributed by atoms with Crippen LogP contribution in [-0.4, -0.2) is 84.5 Å². The van der Waals surface area contributed by atoms with E-state index in [1.807, 2.05) is 64.7 Å². The van der Waals surface area contributed by atoms with Crippen LogP contribution in [0, 0.1) is 18.3 Å². The lowest BCUT2D eigenvalue weighted by Gasteiger charge is -2.34. The van der Waals surface area contributed by atoms with Crippen molar-refractivity contribution in [2.45, 2.75) is 37.2 Å². The smallest absolute Gasteiger partial charge is 0.320 e. The number of H-pyrrole nitrogens is 1. The van der Waals surface area contributed by atoms with Gasteiger partial charge in [-0.3, -0.25) is 0 Å². The molecule has 46 heavy (non-hydrogen) atoms. The monoisotopic (exact) mass is 637 g/mol. The number of nitriles is 1. The van der Waals surface area contributed by atoms with E-state index < -0.39 is 0 Å². The summed E-state index contributed by atoms with van der Waals surface area (Å²) in [6.07, 6.45) is 8.48. The number of rotatable bonds is 4. The summed E-state index contributed by atoms with van der Waals surface area (Å²) in [6.45, 7) is 7.22. The molecule has 9 nitrogen and oxygen atoms in total. The average molecular weight is 638 g/mol. The molecule has 7 rings (SSSR count). The predicted octanol–water partition coefficient (Wildman–Crippen LogP) is 6.48. The molecule has 2 amide bonds. The number of ether oxygens (including phenoxy) is 3. The van der Waals surface area contributed by atoms with Crippen LogP contribution in [0.1, 0.15) is 36.0 Å². The zero-order valence-corrected chi connectivity index (χ0v) is 27.0.